The molecular weight excluding hydrogens is 274 g/mol. The van der Waals surface area contributed by atoms with Gasteiger partial charge in [0, 0.05) is 29.5 Å². The highest BCUT2D eigenvalue weighted by Crippen LogP contribution is 2.34. The average molecular weight is 297 g/mol. The van der Waals surface area contributed by atoms with Crippen LogP contribution in [0.25, 0.3) is 21.8 Å². The summed E-state index contributed by atoms with van der Waals surface area (Å²) in [5, 5.41) is 12.2. The zero-order valence-electron chi connectivity index (χ0n) is 13.7. The summed E-state index contributed by atoms with van der Waals surface area (Å²) < 4.78 is 2.20. The van der Waals surface area contributed by atoms with Crippen LogP contribution < -0.4 is 0 Å². The summed E-state index contributed by atoms with van der Waals surface area (Å²) in [6, 6.07) is 5.58. The number of phenolic OH excluding ortho intramolecular Hbond substituents is 1. The van der Waals surface area contributed by atoms with Crippen LogP contribution in [0.1, 0.15) is 17.7 Å². The van der Waals surface area contributed by atoms with E-state index in [4.69, 9.17) is 0 Å². The second-order valence-corrected chi connectivity index (χ2v) is 6.28. The summed E-state index contributed by atoms with van der Waals surface area (Å²) in [7, 11) is 6.26. The van der Waals surface area contributed by atoms with Gasteiger partial charge in [0.1, 0.15) is 5.75 Å². The molecule has 0 unspecified atom stereocenters. The van der Waals surface area contributed by atoms with Crippen LogP contribution in [0.3, 0.4) is 0 Å². The van der Waals surface area contributed by atoms with Gasteiger partial charge >= 0.3 is 0 Å². The maximum Gasteiger partial charge on any atom is 0.116 e. The van der Waals surface area contributed by atoms with E-state index in [0.29, 0.717) is 5.75 Å². The maximum atomic E-state index is 9.87. The Hall–Kier alpha value is -2.07. The predicted molar refractivity (Wildman–Crippen MR) is 91.5 cm³/mol. The van der Waals surface area contributed by atoms with Gasteiger partial charge in [0.15, 0.2) is 0 Å². The molecule has 0 saturated heterocycles. The molecule has 0 saturated carbocycles. The highest BCUT2D eigenvalue weighted by atomic mass is 16.3. The zero-order chi connectivity index (χ0) is 15.9. The number of aromatic nitrogens is 2. The molecule has 2 aromatic heterocycles. The van der Waals surface area contributed by atoms with E-state index in [1.165, 1.54) is 16.5 Å². The minimum atomic E-state index is 0.306. The van der Waals surface area contributed by atoms with E-state index in [9.17, 15) is 5.11 Å². The quantitative estimate of drug-likeness (QED) is 0.804. The van der Waals surface area contributed by atoms with Gasteiger partial charge in [0.05, 0.1) is 11.2 Å². The SMILES string of the molecule is Cc1cnc(CCCN(C)C)c2c3cc(O)ccc3n(C)c12. The number of pyridine rings is 1. The first-order valence-corrected chi connectivity index (χ1v) is 7.69. The van der Waals surface area contributed by atoms with Crippen molar-refractivity contribution in [1.82, 2.24) is 14.5 Å². The number of nitrogens with zero attached hydrogens (tertiary/aromatic N) is 3. The van der Waals surface area contributed by atoms with E-state index in [1.54, 1.807) is 6.07 Å². The third-order valence-electron chi connectivity index (χ3n) is 4.28. The molecule has 116 valence electrons. The summed E-state index contributed by atoms with van der Waals surface area (Å²) in [5.41, 5.74) is 4.65. The molecule has 1 aromatic carbocycles. The second kappa shape index (κ2) is 5.61. The molecule has 0 amide bonds. The van der Waals surface area contributed by atoms with Crippen molar-refractivity contribution in [2.75, 3.05) is 20.6 Å². The van der Waals surface area contributed by atoms with E-state index in [2.05, 4.69) is 42.5 Å². The van der Waals surface area contributed by atoms with Gasteiger partial charge in [-0.1, -0.05) is 0 Å². The molecule has 0 aliphatic heterocycles. The summed E-state index contributed by atoms with van der Waals surface area (Å²) in [4.78, 5) is 6.88. The van der Waals surface area contributed by atoms with Crippen molar-refractivity contribution in [2.45, 2.75) is 19.8 Å². The number of hydrogen-bond acceptors (Lipinski definition) is 3. The largest absolute Gasteiger partial charge is 0.508 e. The van der Waals surface area contributed by atoms with Crippen LogP contribution in [0.15, 0.2) is 24.4 Å². The van der Waals surface area contributed by atoms with Crippen LogP contribution in [0, 0.1) is 6.92 Å². The molecule has 0 atom stereocenters. The lowest BCUT2D eigenvalue weighted by Crippen LogP contribution is -2.13. The van der Waals surface area contributed by atoms with Crippen molar-refractivity contribution >= 4 is 21.8 Å². The number of phenols is 1. The predicted octanol–water partition coefficient (Wildman–Crippen LogP) is 3.23. The third kappa shape index (κ3) is 2.44. The molecule has 4 heteroatoms. The number of rotatable bonds is 4. The van der Waals surface area contributed by atoms with Crippen LogP contribution in [-0.2, 0) is 13.5 Å². The van der Waals surface area contributed by atoms with Crippen molar-refractivity contribution in [3.05, 3.63) is 35.7 Å². The normalized spacial score (nSPS) is 11.9. The number of benzene rings is 1. The fourth-order valence-corrected chi connectivity index (χ4v) is 3.24. The van der Waals surface area contributed by atoms with Gasteiger partial charge in [0.2, 0.25) is 0 Å². The Kier molecular flexibility index (Phi) is 3.79. The Morgan fingerprint density at radius 1 is 1.27 bits per heavy atom. The number of fused-ring (bicyclic) bond motifs is 3. The Labute approximate surface area is 131 Å². The lowest BCUT2D eigenvalue weighted by atomic mass is 10.1. The van der Waals surface area contributed by atoms with Crippen molar-refractivity contribution in [1.29, 1.82) is 0 Å². The lowest BCUT2D eigenvalue weighted by Gasteiger charge is -2.10. The lowest BCUT2D eigenvalue weighted by molar-refractivity contribution is 0.400. The first-order valence-electron chi connectivity index (χ1n) is 7.69. The molecule has 0 bridgehead atoms. The molecular formula is C18H23N3O. The molecule has 0 radical (unpaired) electrons. The topological polar surface area (TPSA) is 41.3 Å². The van der Waals surface area contributed by atoms with E-state index in [0.717, 1.165) is 36.0 Å². The van der Waals surface area contributed by atoms with E-state index in [-0.39, 0.29) is 0 Å². The van der Waals surface area contributed by atoms with Crippen molar-refractivity contribution < 1.29 is 5.11 Å². The fourth-order valence-electron chi connectivity index (χ4n) is 3.24. The molecule has 2 heterocycles. The van der Waals surface area contributed by atoms with Gasteiger partial charge in [-0.15, -0.1) is 0 Å². The molecule has 22 heavy (non-hydrogen) atoms. The molecule has 4 nitrogen and oxygen atoms in total. The van der Waals surface area contributed by atoms with Crippen LogP contribution in [0.5, 0.6) is 5.75 Å². The number of aryl methyl sites for hydroxylation is 3. The van der Waals surface area contributed by atoms with Crippen LogP contribution in [0.4, 0.5) is 0 Å². The monoisotopic (exact) mass is 297 g/mol. The molecule has 0 aliphatic carbocycles. The third-order valence-corrected chi connectivity index (χ3v) is 4.28. The molecule has 0 spiro atoms. The average Bonchev–Trinajstić information content (AvgIpc) is 2.75. The van der Waals surface area contributed by atoms with Gasteiger partial charge in [-0.25, -0.2) is 0 Å². The smallest absolute Gasteiger partial charge is 0.116 e. The Morgan fingerprint density at radius 3 is 2.77 bits per heavy atom. The highest BCUT2D eigenvalue weighted by Gasteiger charge is 2.15. The second-order valence-electron chi connectivity index (χ2n) is 6.28. The minimum Gasteiger partial charge on any atom is -0.508 e. The van der Waals surface area contributed by atoms with E-state index in [1.807, 2.05) is 18.3 Å². The standard InChI is InChI=1S/C18H23N3O/c1-12-11-19-15(6-5-9-20(2)3)17-14-10-13(22)7-8-16(14)21(4)18(12)17/h7-8,10-11,22H,5-6,9H2,1-4H3. The van der Waals surface area contributed by atoms with Crippen LogP contribution in [-0.4, -0.2) is 40.2 Å². The molecule has 3 aromatic rings. The summed E-state index contributed by atoms with van der Waals surface area (Å²) in [5.74, 6) is 0.306. The Morgan fingerprint density at radius 2 is 2.05 bits per heavy atom. The molecule has 0 aliphatic rings. The summed E-state index contributed by atoms with van der Waals surface area (Å²) in [6.45, 7) is 3.14. The molecule has 3 rings (SSSR count). The van der Waals surface area contributed by atoms with E-state index < -0.39 is 0 Å². The Bertz CT molecular complexity index is 833. The van der Waals surface area contributed by atoms with Gasteiger partial charge in [-0.3, -0.25) is 4.98 Å². The Balaban J connectivity index is 2.21. The van der Waals surface area contributed by atoms with Crippen LogP contribution in [0.2, 0.25) is 0 Å². The van der Waals surface area contributed by atoms with Crippen molar-refractivity contribution in [3.63, 3.8) is 0 Å². The zero-order valence-corrected chi connectivity index (χ0v) is 13.7. The highest BCUT2D eigenvalue weighted by molar-refractivity contribution is 6.10. The number of aromatic hydroxyl groups is 1. The van der Waals surface area contributed by atoms with Crippen molar-refractivity contribution in [2.24, 2.45) is 7.05 Å². The number of hydrogen-bond donors (Lipinski definition) is 1. The molecule has 1 N–H and O–H groups in total. The van der Waals surface area contributed by atoms with Crippen LogP contribution >= 0.6 is 0 Å². The van der Waals surface area contributed by atoms with Gasteiger partial charge in [0.25, 0.3) is 0 Å². The first kappa shape index (κ1) is 14.9. The van der Waals surface area contributed by atoms with Gasteiger partial charge < -0.3 is 14.6 Å². The summed E-state index contributed by atoms with van der Waals surface area (Å²) >= 11 is 0. The summed E-state index contributed by atoms with van der Waals surface area (Å²) in [6.07, 6.45) is 3.99. The minimum absolute atomic E-state index is 0.306. The van der Waals surface area contributed by atoms with E-state index >= 15 is 0 Å². The first-order chi connectivity index (χ1) is 10.5. The molecule has 0 fully saturated rings. The van der Waals surface area contributed by atoms with Gasteiger partial charge in [-0.2, -0.15) is 0 Å². The maximum absolute atomic E-state index is 9.87. The fraction of sp³-hybridized carbons (Fsp3) is 0.389. The van der Waals surface area contributed by atoms with Crippen molar-refractivity contribution in [3.8, 4) is 5.75 Å². The van der Waals surface area contributed by atoms with Gasteiger partial charge in [-0.05, 0) is 64.2 Å².